The van der Waals surface area contributed by atoms with Crippen molar-refractivity contribution in [3.8, 4) is 0 Å². The van der Waals surface area contributed by atoms with E-state index in [1.165, 1.54) is 0 Å². The number of carbonyl (C=O) groups is 1. The fourth-order valence-electron chi connectivity index (χ4n) is 0.973. The average Bonchev–Trinajstić information content (AvgIpc) is 2.66. The third-order valence-electron chi connectivity index (χ3n) is 1.79. The van der Waals surface area contributed by atoms with E-state index in [-0.39, 0.29) is 18.3 Å². The van der Waals surface area contributed by atoms with Gasteiger partial charge in [-0.2, -0.15) is 0 Å². The molecule has 92 valence electrons. The zero-order valence-corrected chi connectivity index (χ0v) is 11.2. The van der Waals surface area contributed by atoms with Crippen molar-refractivity contribution in [3.05, 3.63) is 11.1 Å². The first-order valence-corrected chi connectivity index (χ1v) is 5.48. The Balaban J connectivity index is 0.00000225. The Morgan fingerprint density at radius 2 is 2.25 bits per heavy atom. The molecular formula is C9H17ClN4OS. The molecule has 0 aromatic carbocycles. The summed E-state index contributed by atoms with van der Waals surface area (Å²) in [5, 5.41) is 6.58. The second-order valence-electron chi connectivity index (χ2n) is 3.28. The summed E-state index contributed by atoms with van der Waals surface area (Å²) in [5.74, 6) is -0.00708. The Labute approximate surface area is 106 Å². The number of rotatable bonds is 5. The molecule has 0 atom stereocenters. The maximum atomic E-state index is 10.9. The van der Waals surface area contributed by atoms with Crippen molar-refractivity contribution in [2.45, 2.75) is 6.54 Å². The van der Waals surface area contributed by atoms with Gasteiger partial charge >= 0.3 is 0 Å². The van der Waals surface area contributed by atoms with Gasteiger partial charge in [0.15, 0.2) is 5.13 Å². The van der Waals surface area contributed by atoms with Crippen molar-refractivity contribution < 1.29 is 4.79 Å². The first-order chi connectivity index (χ1) is 7.13. The van der Waals surface area contributed by atoms with Crippen LogP contribution in [0.15, 0.2) is 6.20 Å². The van der Waals surface area contributed by atoms with E-state index in [0.29, 0.717) is 13.1 Å². The molecule has 0 unspecified atom stereocenters. The van der Waals surface area contributed by atoms with E-state index in [9.17, 15) is 4.79 Å². The Bertz CT molecular complexity index is 329. The Morgan fingerprint density at radius 3 is 2.75 bits per heavy atom. The van der Waals surface area contributed by atoms with Gasteiger partial charge < -0.3 is 15.5 Å². The lowest BCUT2D eigenvalue weighted by Crippen LogP contribution is -2.30. The van der Waals surface area contributed by atoms with Gasteiger partial charge in [-0.3, -0.25) is 4.79 Å². The molecule has 1 amide bonds. The molecule has 0 aliphatic rings. The number of carbonyl (C=O) groups excluding carboxylic acids is 1. The third-order valence-corrected chi connectivity index (χ3v) is 2.95. The van der Waals surface area contributed by atoms with E-state index in [0.717, 1.165) is 10.0 Å². The zero-order valence-electron chi connectivity index (χ0n) is 9.61. The molecule has 0 fully saturated rings. The summed E-state index contributed by atoms with van der Waals surface area (Å²) in [5.41, 5.74) is 0. The smallest absolute Gasteiger partial charge is 0.233 e. The van der Waals surface area contributed by atoms with Crippen LogP contribution in [0.4, 0.5) is 5.13 Å². The number of hydrogen-bond donors (Lipinski definition) is 2. The second-order valence-corrected chi connectivity index (χ2v) is 4.37. The normalized spacial score (nSPS) is 9.44. The van der Waals surface area contributed by atoms with Crippen LogP contribution in [0, 0.1) is 0 Å². The average molecular weight is 265 g/mol. The van der Waals surface area contributed by atoms with Crippen molar-refractivity contribution in [2.75, 3.05) is 32.6 Å². The highest BCUT2D eigenvalue weighted by Crippen LogP contribution is 2.19. The molecule has 1 rings (SSSR count). The SMILES string of the molecule is CNC(=O)CNCc1cnc(N(C)C)s1.Cl. The molecule has 0 aliphatic heterocycles. The Hall–Kier alpha value is -0.850. The van der Waals surface area contributed by atoms with E-state index < -0.39 is 0 Å². The maximum Gasteiger partial charge on any atom is 0.233 e. The Kier molecular flexibility index (Phi) is 7.03. The zero-order chi connectivity index (χ0) is 11.3. The van der Waals surface area contributed by atoms with Gasteiger partial charge in [0.1, 0.15) is 0 Å². The largest absolute Gasteiger partial charge is 0.358 e. The van der Waals surface area contributed by atoms with Gasteiger partial charge in [-0.15, -0.1) is 23.7 Å². The number of amides is 1. The summed E-state index contributed by atoms with van der Waals surface area (Å²) in [6, 6.07) is 0. The van der Waals surface area contributed by atoms with E-state index in [4.69, 9.17) is 0 Å². The molecule has 0 aliphatic carbocycles. The maximum absolute atomic E-state index is 10.9. The van der Waals surface area contributed by atoms with Crippen molar-refractivity contribution in [1.29, 1.82) is 0 Å². The molecule has 1 heterocycles. The predicted molar refractivity (Wildman–Crippen MR) is 69.5 cm³/mol. The first-order valence-electron chi connectivity index (χ1n) is 4.67. The summed E-state index contributed by atoms with van der Waals surface area (Å²) < 4.78 is 0. The lowest BCUT2D eigenvalue weighted by Gasteiger charge is -2.05. The lowest BCUT2D eigenvalue weighted by molar-refractivity contribution is -0.119. The predicted octanol–water partition coefficient (Wildman–Crippen LogP) is 0.466. The number of hydrogen-bond acceptors (Lipinski definition) is 5. The lowest BCUT2D eigenvalue weighted by atomic mass is 10.5. The van der Waals surface area contributed by atoms with Crippen molar-refractivity contribution in [2.24, 2.45) is 0 Å². The van der Waals surface area contributed by atoms with Crippen LogP contribution in [0.1, 0.15) is 4.88 Å². The summed E-state index contributed by atoms with van der Waals surface area (Å²) in [4.78, 5) is 18.3. The minimum Gasteiger partial charge on any atom is -0.358 e. The van der Waals surface area contributed by atoms with Crippen LogP contribution in [-0.4, -0.2) is 38.6 Å². The van der Waals surface area contributed by atoms with Crippen molar-refractivity contribution in [1.82, 2.24) is 15.6 Å². The highest BCUT2D eigenvalue weighted by Gasteiger charge is 2.03. The monoisotopic (exact) mass is 264 g/mol. The molecular weight excluding hydrogens is 248 g/mol. The minimum atomic E-state index is -0.00708. The molecule has 0 bridgehead atoms. The van der Waals surface area contributed by atoms with E-state index >= 15 is 0 Å². The summed E-state index contributed by atoms with van der Waals surface area (Å²) in [7, 11) is 5.54. The van der Waals surface area contributed by atoms with Crippen LogP contribution in [0.25, 0.3) is 0 Å². The van der Waals surface area contributed by atoms with Crippen LogP contribution in [0.3, 0.4) is 0 Å². The van der Waals surface area contributed by atoms with Crippen LogP contribution < -0.4 is 15.5 Å². The molecule has 1 aromatic heterocycles. The molecule has 5 nitrogen and oxygen atoms in total. The first kappa shape index (κ1) is 15.2. The van der Waals surface area contributed by atoms with Crippen molar-refractivity contribution in [3.63, 3.8) is 0 Å². The fourth-order valence-corrected chi connectivity index (χ4v) is 1.78. The number of likely N-dealkylation sites (N-methyl/N-ethyl adjacent to an activating group) is 1. The Morgan fingerprint density at radius 1 is 1.56 bits per heavy atom. The van der Waals surface area contributed by atoms with Crippen molar-refractivity contribution >= 4 is 34.8 Å². The molecule has 0 saturated carbocycles. The minimum absolute atomic E-state index is 0. The van der Waals surface area contributed by atoms with Gasteiger partial charge in [0.05, 0.1) is 6.54 Å². The molecule has 7 heteroatoms. The van der Waals surface area contributed by atoms with E-state index in [2.05, 4.69) is 15.6 Å². The highest BCUT2D eigenvalue weighted by atomic mass is 35.5. The number of halogens is 1. The second kappa shape index (κ2) is 7.43. The van der Waals surface area contributed by atoms with Crippen LogP contribution in [0.5, 0.6) is 0 Å². The molecule has 2 N–H and O–H groups in total. The number of aromatic nitrogens is 1. The highest BCUT2D eigenvalue weighted by molar-refractivity contribution is 7.15. The van der Waals surface area contributed by atoms with Gasteiger partial charge in [0, 0.05) is 38.8 Å². The van der Waals surface area contributed by atoms with Crippen LogP contribution in [0.2, 0.25) is 0 Å². The van der Waals surface area contributed by atoms with Gasteiger partial charge in [-0.05, 0) is 0 Å². The fraction of sp³-hybridized carbons (Fsp3) is 0.556. The van der Waals surface area contributed by atoms with Gasteiger partial charge in [-0.1, -0.05) is 0 Å². The van der Waals surface area contributed by atoms with Gasteiger partial charge in [0.25, 0.3) is 0 Å². The van der Waals surface area contributed by atoms with Gasteiger partial charge in [0.2, 0.25) is 5.91 Å². The summed E-state index contributed by atoms with van der Waals surface area (Å²) in [6.45, 7) is 1.02. The quantitative estimate of drug-likeness (QED) is 0.812. The number of thiazole rings is 1. The molecule has 0 saturated heterocycles. The van der Waals surface area contributed by atoms with E-state index in [1.54, 1.807) is 18.4 Å². The van der Waals surface area contributed by atoms with E-state index in [1.807, 2.05) is 25.2 Å². The summed E-state index contributed by atoms with van der Waals surface area (Å²) >= 11 is 1.62. The number of nitrogens with zero attached hydrogens (tertiary/aromatic N) is 2. The summed E-state index contributed by atoms with van der Waals surface area (Å²) in [6.07, 6.45) is 1.83. The van der Waals surface area contributed by atoms with Crippen LogP contribution in [-0.2, 0) is 11.3 Å². The topological polar surface area (TPSA) is 57.3 Å². The van der Waals surface area contributed by atoms with Crippen LogP contribution >= 0.6 is 23.7 Å². The standard InChI is InChI=1S/C9H16N4OS.ClH/c1-10-8(14)6-11-4-7-5-12-9(15-7)13(2)3;/h5,11H,4,6H2,1-3H3,(H,10,14);1H. The molecule has 0 spiro atoms. The number of nitrogens with one attached hydrogen (secondary N) is 2. The number of anilines is 1. The third kappa shape index (κ3) is 4.78. The molecule has 16 heavy (non-hydrogen) atoms. The molecule has 0 radical (unpaired) electrons. The molecule has 1 aromatic rings. The van der Waals surface area contributed by atoms with Gasteiger partial charge in [-0.25, -0.2) is 4.98 Å².